The van der Waals surface area contributed by atoms with E-state index in [1.165, 1.54) is 22.7 Å². The summed E-state index contributed by atoms with van der Waals surface area (Å²) in [4.78, 5) is 12.8. The minimum atomic E-state index is -0.565. The molecule has 0 saturated carbocycles. The normalized spacial score (nSPS) is 11.2. The van der Waals surface area contributed by atoms with Gasteiger partial charge in [0.05, 0.1) is 19.0 Å². The van der Waals surface area contributed by atoms with Gasteiger partial charge in [-0.2, -0.15) is 9.78 Å². The van der Waals surface area contributed by atoms with Crippen molar-refractivity contribution in [3.63, 3.8) is 0 Å². The van der Waals surface area contributed by atoms with Crippen LogP contribution in [0.1, 0.15) is 21.7 Å². The van der Waals surface area contributed by atoms with Crippen molar-refractivity contribution in [1.82, 2.24) is 45.5 Å². The van der Waals surface area contributed by atoms with Gasteiger partial charge in [0.15, 0.2) is 10.9 Å². The molecule has 0 aliphatic rings. The summed E-state index contributed by atoms with van der Waals surface area (Å²) >= 11 is 1.32. The first kappa shape index (κ1) is 21.0. The minimum Gasteiger partial charge on any atom is -0.497 e. The Hall–Kier alpha value is -4.27. The monoisotopic (exact) mass is 455 g/mol. The molecule has 1 aromatic carbocycles. The molecule has 32 heavy (non-hydrogen) atoms. The third-order valence-electron chi connectivity index (χ3n) is 4.18. The van der Waals surface area contributed by atoms with Crippen LogP contribution in [0, 0.1) is 0 Å². The molecular weight excluding hydrogens is 438 g/mol. The van der Waals surface area contributed by atoms with Crippen LogP contribution in [0.15, 0.2) is 45.5 Å². The number of anilines is 1. The summed E-state index contributed by atoms with van der Waals surface area (Å²) in [6, 6.07) is 7.17. The number of carbonyl (C=O) groups is 1. The van der Waals surface area contributed by atoms with E-state index < -0.39 is 5.91 Å². The van der Waals surface area contributed by atoms with Crippen LogP contribution < -0.4 is 15.9 Å². The van der Waals surface area contributed by atoms with E-state index >= 15 is 0 Å². The quantitative estimate of drug-likeness (QED) is 0.214. The Bertz CT molecular complexity index is 1240. The topological polar surface area (TPSA) is 177 Å². The van der Waals surface area contributed by atoms with Gasteiger partial charge in [0.25, 0.3) is 5.91 Å². The Labute approximate surface area is 184 Å². The van der Waals surface area contributed by atoms with Gasteiger partial charge in [-0.1, -0.05) is 17.0 Å². The van der Waals surface area contributed by atoms with Crippen LogP contribution in [0.25, 0.3) is 5.82 Å². The summed E-state index contributed by atoms with van der Waals surface area (Å²) < 4.78 is 12.8. The van der Waals surface area contributed by atoms with Crippen molar-refractivity contribution in [2.24, 2.45) is 12.1 Å². The van der Waals surface area contributed by atoms with Crippen molar-refractivity contribution < 1.29 is 14.2 Å². The average molecular weight is 455 g/mol. The Kier molecular flexibility index (Phi) is 6.07. The van der Waals surface area contributed by atoms with Gasteiger partial charge < -0.3 is 15.0 Å². The number of nitrogens with zero attached hydrogens (tertiary/aromatic N) is 9. The summed E-state index contributed by atoms with van der Waals surface area (Å²) in [6.07, 6.45) is 3.06. The summed E-state index contributed by atoms with van der Waals surface area (Å²) in [7, 11) is 3.39. The van der Waals surface area contributed by atoms with E-state index in [1.54, 1.807) is 49.3 Å². The minimum absolute atomic E-state index is 0.00398. The highest BCUT2D eigenvalue weighted by atomic mass is 32.2. The molecule has 0 unspecified atom stereocenters. The van der Waals surface area contributed by atoms with Crippen LogP contribution in [0.2, 0.25) is 0 Å². The van der Waals surface area contributed by atoms with Gasteiger partial charge >= 0.3 is 0 Å². The maximum atomic E-state index is 12.8. The van der Waals surface area contributed by atoms with Gasteiger partial charge in [-0.05, 0) is 40.1 Å². The number of nitrogens with one attached hydrogen (secondary N) is 1. The van der Waals surface area contributed by atoms with Gasteiger partial charge in [0.1, 0.15) is 12.1 Å². The van der Waals surface area contributed by atoms with Crippen molar-refractivity contribution in [3.8, 4) is 11.6 Å². The lowest BCUT2D eigenvalue weighted by Crippen LogP contribution is -2.20. The standard InChI is InChI=1S/C17H17N11O3S/c1-27-9-20-23-17(27)32-8-12-13(21-26-28(12)15-14(18)24-31-25-15)16(29)22-19-7-10-3-5-11(30-2)6-4-10/h3-7,9H,8H2,1-2H3,(H2,18,24)(H,22,29)/b19-7-. The molecule has 0 radical (unpaired) electrons. The van der Waals surface area contributed by atoms with Crippen LogP contribution in [0.4, 0.5) is 5.82 Å². The molecule has 3 aromatic heterocycles. The fourth-order valence-corrected chi connectivity index (χ4v) is 3.44. The number of rotatable bonds is 8. The zero-order valence-electron chi connectivity index (χ0n) is 16.9. The predicted octanol–water partition coefficient (Wildman–Crippen LogP) is 0.426. The number of hydrogen-bond acceptors (Lipinski definition) is 12. The molecule has 14 nitrogen and oxygen atoms in total. The van der Waals surface area contributed by atoms with Crippen LogP contribution in [-0.4, -0.2) is 59.3 Å². The van der Waals surface area contributed by atoms with E-state index in [0.29, 0.717) is 10.9 Å². The summed E-state index contributed by atoms with van der Waals surface area (Å²) in [5.74, 6) is 0.534. The Morgan fingerprint density at radius 1 is 1.31 bits per heavy atom. The highest BCUT2D eigenvalue weighted by Gasteiger charge is 2.24. The number of ether oxygens (including phenoxy) is 1. The Morgan fingerprint density at radius 3 is 2.78 bits per heavy atom. The molecule has 0 bridgehead atoms. The summed E-state index contributed by atoms with van der Waals surface area (Å²) in [6.45, 7) is 0. The van der Waals surface area contributed by atoms with Crippen molar-refractivity contribution in [3.05, 3.63) is 47.5 Å². The molecule has 164 valence electrons. The van der Waals surface area contributed by atoms with Gasteiger partial charge in [0.2, 0.25) is 11.6 Å². The average Bonchev–Trinajstić information content (AvgIpc) is 3.52. The number of aryl methyl sites for hydroxylation is 1. The Balaban J connectivity index is 1.55. The second-order valence-corrected chi connectivity index (χ2v) is 7.20. The molecule has 0 aliphatic heterocycles. The third kappa shape index (κ3) is 4.41. The molecule has 0 aliphatic carbocycles. The zero-order valence-corrected chi connectivity index (χ0v) is 17.7. The predicted molar refractivity (Wildman–Crippen MR) is 112 cm³/mol. The molecule has 4 rings (SSSR count). The lowest BCUT2D eigenvalue weighted by molar-refractivity contribution is 0.0949. The molecular formula is C17H17N11O3S. The van der Waals surface area contributed by atoms with Crippen molar-refractivity contribution >= 4 is 29.7 Å². The fourth-order valence-electron chi connectivity index (χ4n) is 2.56. The fraction of sp³-hybridized carbons (Fsp3) is 0.176. The second-order valence-electron chi connectivity index (χ2n) is 6.25. The molecule has 0 spiro atoms. The number of aromatic nitrogens is 8. The number of benzene rings is 1. The maximum absolute atomic E-state index is 12.8. The largest absolute Gasteiger partial charge is 0.497 e. The molecule has 3 N–H and O–H groups in total. The first-order chi connectivity index (χ1) is 15.6. The van der Waals surface area contributed by atoms with Gasteiger partial charge in [-0.25, -0.2) is 10.1 Å². The lowest BCUT2D eigenvalue weighted by atomic mass is 10.2. The van der Waals surface area contributed by atoms with E-state index in [1.807, 2.05) is 0 Å². The molecule has 0 atom stereocenters. The number of hydrogen-bond donors (Lipinski definition) is 2. The molecule has 15 heteroatoms. The van der Waals surface area contributed by atoms with Gasteiger partial charge in [-0.3, -0.25) is 4.79 Å². The Morgan fingerprint density at radius 2 is 2.12 bits per heavy atom. The van der Waals surface area contributed by atoms with E-state index in [-0.39, 0.29) is 23.1 Å². The first-order valence-corrected chi connectivity index (χ1v) is 10.0. The van der Waals surface area contributed by atoms with E-state index in [0.717, 1.165) is 11.3 Å². The molecule has 0 saturated heterocycles. The number of thioether (sulfide) groups is 1. The van der Waals surface area contributed by atoms with Crippen LogP contribution in [0.3, 0.4) is 0 Å². The number of amides is 1. The number of carbonyl (C=O) groups excluding carboxylic acids is 1. The molecule has 0 fully saturated rings. The van der Waals surface area contributed by atoms with E-state index in [4.69, 9.17) is 10.5 Å². The van der Waals surface area contributed by atoms with Crippen LogP contribution in [0.5, 0.6) is 5.75 Å². The molecule has 1 amide bonds. The first-order valence-electron chi connectivity index (χ1n) is 9.04. The SMILES string of the molecule is COc1ccc(/C=N\NC(=O)c2nnn(-c3nonc3N)c2CSc2nncn2C)cc1. The van der Waals surface area contributed by atoms with Gasteiger partial charge in [-0.15, -0.1) is 15.3 Å². The van der Waals surface area contributed by atoms with E-state index in [9.17, 15) is 4.79 Å². The van der Waals surface area contributed by atoms with Crippen LogP contribution >= 0.6 is 11.8 Å². The van der Waals surface area contributed by atoms with Crippen LogP contribution in [-0.2, 0) is 12.8 Å². The highest BCUT2D eigenvalue weighted by Crippen LogP contribution is 2.24. The number of nitrogens with two attached hydrogens (primary N) is 1. The third-order valence-corrected chi connectivity index (χ3v) is 5.22. The molecule has 4 aromatic rings. The maximum Gasteiger partial charge on any atom is 0.293 e. The summed E-state index contributed by atoms with van der Waals surface area (Å²) in [5.41, 5.74) is 9.44. The number of nitrogen functional groups attached to an aromatic ring is 1. The lowest BCUT2D eigenvalue weighted by Gasteiger charge is -2.05. The smallest absolute Gasteiger partial charge is 0.293 e. The van der Waals surface area contributed by atoms with Gasteiger partial charge in [0, 0.05) is 12.8 Å². The van der Waals surface area contributed by atoms with Crippen molar-refractivity contribution in [2.45, 2.75) is 10.9 Å². The van der Waals surface area contributed by atoms with Crippen molar-refractivity contribution in [1.29, 1.82) is 0 Å². The zero-order chi connectivity index (χ0) is 22.5. The summed E-state index contributed by atoms with van der Waals surface area (Å²) in [5, 5.41) is 27.7. The van der Waals surface area contributed by atoms with E-state index in [2.05, 4.69) is 46.0 Å². The van der Waals surface area contributed by atoms with Crippen molar-refractivity contribution in [2.75, 3.05) is 12.8 Å². The second kappa shape index (κ2) is 9.25. The molecule has 3 heterocycles. The number of methoxy groups -OCH3 is 1. The number of hydrazone groups is 1. The highest BCUT2D eigenvalue weighted by molar-refractivity contribution is 7.98.